The zero-order chi connectivity index (χ0) is 15.2. The van der Waals surface area contributed by atoms with Gasteiger partial charge in [0, 0.05) is 6.54 Å². The van der Waals surface area contributed by atoms with Gasteiger partial charge in [0.1, 0.15) is 6.07 Å². The van der Waals surface area contributed by atoms with E-state index in [4.69, 9.17) is 5.26 Å². The fourth-order valence-electron chi connectivity index (χ4n) is 2.57. The van der Waals surface area contributed by atoms with Crippen LogP contribution in [0.1, 0.15) is 76.7 Å². The number of para-hydroxylation sites is 1. The van der Waals surface area contributed by atoms with Crippen LogP contribution in [-0.4, -0.2) is 6.54 Å². The number of benzene rings is 1. The molecule has 1 aromatic carbocycles. The molecule has 0 aliphatic carbocycles. The summed E-state index contributed by atoms with van der Waals surface area (Å²) in [7, 11) is 0. The Hall–Kier alpha value is -1.49. The van der Waals surface area contributed by atoms with Crippen molar-refractivity contribution in [1.82, 2.24) is 0 Å². The first kappa shape index (κ1) is 17.6. The van der Waals surface area contributed by atoms with Crippen LogP contribution in [0.3, 0.4) is 0 Å². The molecule has 0 aliphatic rings. The molecule has 0 bridgehead atoms. The number of nitrogens with zero attached hydrogens (tertiary/aromatic N) is 1. The van der Waals surface area contributed by atoms with Gasteiger partial charge in [0.15, 0.2) is 0 Å². The van der Waals surface area contributed by atoms with Crippen LogP contribution in [0.2, 0.25) is 0 Å². The van der Waals surface area contributed by atoms with Crippen LogP contribution in [0, 0.1) is 11.3 Å². The zero-order valence-electron chi connectivity index (χ0n) is 13.5. The fraction of sp³-hybridized carbons (Fsp3) is 0.632. The third kappa shape index (κ3) is 8.40. The summed E-state index contributed by atoms with van der Waals surface area (Å²) < 4.78 is 0. The normalized spacial score (nSPS) is 10.3. The van der Waals surface area contributed by atoms with Crippen LogP contribution in [0.4, 0.5) is 5.69 Å². The molecule has 2 heteroatoms. The summed E-state index contributed by atoms with van der Waals surface area (Å²) in [6.45, 7) is 3.23. The standard InChI is InChI=1S/C19H30N2/c1-2-3-4-5-6-7-8-9-10-13-16-21-19-15-12-11-14-18(19)17-20/h11-12,14-15,21H,2-10,13,16H2,1H3. The Morgan fingerprint density at radius 3 is 2.05 bits per heavy atom. The number of hydrogen-bond donors (Lipinski definition) is 1. The van der Waals surface area contributed by atoms with E-state index >= 15 is 0 Å². The number of nitrogens with one attached hydrogen (secondary N) is 1. The lowest BCUT2D eigenvalue weighted by Gasteiger charge is -2.07. The van der Waals surface area contributed by atoms with Gasteiger partial charge in [-0.05, 0) is 18.6 Å². The molecule has 1 N–H and O–H groups in total. The van der Waals surface area contributed by atoms with Crippen molar-refractivity contribution in [1.29, 1.82) is 5.26 Å². The van der Waals surface area contributed by atoms with Crippen molar-refractivity contribution in [2.75, 3.05) is 11.9 Å². The average molecular weight is 286 g/mol. The van der Waals surface area contributed by atoms with E-state index in [0.29, 0.717) is 0 Å². The first-order chi connectivity index (χ1) is 10.4. The summed E-state index contributed by atoms with van der Waals surface area (Å²) in [5.74, 6) is 0. The Balaban J connectivity index is 1.94. The van der Waals surface area contributed by atoms with Crippen LogP contribution in [0.5, 0.6) is 0 Å². The van der Waals surface area contributed by atoms with Gasteiger partial charge in [0.2, 0.25) is 0 Å². The first-order valence-electron chi connectivity index (χ1n) is 8.61. The lowest BCUT2D eigenvalue weighted by atomic mass is 10.1. The minimum absolute atomic E-state index is 0.740. The van der Waals surface area contributed by atoms with Crippen LogP contribution in [0.25, 0.3) is 0 Å². The number of unbranched alkanes of at least 4 members (excludes halogenated alkanes) is 9. The summed E-state index contributed by atoms with van der Waals surface area (Å²) >= 11 is 0. The van der Waals surface area contributed by atoms with Crippen molar-refractivity contribution in [3.05, 3.63) is 29.8 Å². The quantitative estimate of drug-likeness (QED) is 0.486. The van der Waals surface area contributed by atoms with E-state index in [0.717, 1.165) is 17.8 Å². The highest BCUT2D eigenvalue weighted by Crippen LogP contribution is 2.14. The largest absolute Gasteiger partial charge is 0.384 e. The maximum Gasteiger partial charge on any atom is 0.101 e. The van der Waals surface area contributed by atoms with Gasteiger partial charge in [0.25, 0.3) is 0 Å². The predicted octanol–water partition coefficient (Wildman–Crippen LogP) is 5.89. The van der Waals surface area contributed by atoms with Gasteiger partial charge in [-0.15, -0.1) is 0 Å². The Kier molecular flexibility index (Phi) is 10.3. The molecule has 0 aromatic heterocycles. The van der Waals surface area contributed by atoms with Gasteiger partial charge >= 0.3 is 0 Å². The van der Waals surface area contributed by atoms with Gasteiger partial charge in [-0.1, -0.05) is 76.8 Å². The fourth-order valence-corrected chi connectivity index (χ4v) is 2.57. The van der Waals surface area contributed by atoms with Crippen LogP contribution < -0.4 is 5.32 Å². The van der Waals surface area contributed by atoms with Crippen LogP contribution >= 0.6 is 0 Å². The van der Waals surface area contributed by atoms with Crippen LogP contribution in [-0.2, 0) is 0 Å². The molecule has 0 aliphatic heterocycles. The highest BCUT2D eigenvalue weighted by molar-refractivity contribution is 5.56. The van der Waals surface area contributed by atoms with E-state index in [-0.39, 0.29) is 0 Å². The monoisotopic (exact) mass is 286 g/mol. The summed E-state index contributed by atoms with van der Waals surface area (Å²) in [4.78, 5) is 0. The lowest BCUT2D eigenvalue weighted by Crippen LogP contribution is -2.02. The molecule has 0 heterocycles. The van der Waals surface area contributed by atoms with Crippen molar-refractivity contribution in [2.24, 2.45) is 0 Å². The van der Waals surface area contributed by atoms with Crippen molar-refractivity contribution in [2.45, 2.75) is 71.1 Å². The highest BCUT2D eigenvalue weighted by atomic mass is 14.9. The average Bonchev–Trinajstić information content (AvgIpc) is 2.53. The molecule has 0 saturated heterocycles. The van der Waals surface area contributed by atoms with Gasteiger partial charge in [-0.25, -0.2) is 0 Å². The molecular formula is C19H30N2. The second-order valence-electron chi connectivity index (χ2n) is 5.77. The lowest BCUT2D eigenvalue weighted by molar-refractivity contribution is 0.560. The van der Waals surface area contributed by atoms with Gasteiger partial charge < -0.3 is 5.32 Å². The Morgan fingerprint density at radius 2 is 1.43 bits per heavy atom. The smallest absolute Gasteiger partial charge is 0.101 e. The number of rotatable bonds is 12. The Morgan fingerprint density at radius 1 is 0.857 bits per heavy atom. The van der Waals surface area contributed by atoms with E-state index in [1.807, 2.05) is 24.3 Å². The minimum atomic E-state index is 0.740. The summed E-state index contributed by atoms with van der Waals surface area (Å²) in [6.07, 6.45) is 13.6. The van der Waals surface area contributed by atoms with Crippen LogP contribution in [0.15, 0.2) is 24.3 Å². The first-order valence-corrected chi connectivity index (χ1v) is 8.61. The summed E-state index contributed by atoms with van der Waals surface area (Å²) in [6, 6.07) is 9.95. The molecule has 21 heavy (non-hydrogen) atoms. The van der Waals surface area contributed by atoms with E-state index in [1.165, 1.54) is 64.2 Å². The number of nitriles is 1. The minimum Gasteiger partial charge on any atom is -0.384 e. The molecule has 0 atom stereocenters. The van der Waals surface area contributed by atoms with Crippen molar-refractivity contribution >= 4 is 5.69 Å². The molecule has 0 unspecified atom stereocenters. The molecule has 116 valence electrons. The topological polar surface area (TPSA) is 35.8 Å². The molecule has 0 saturated carbocycles. The van der Waals surface area contributed by atoms with Gasteiger partial charge in [-0.3, -0.25) is 0 Å². The summed E-state index contributed by atoms with van der Waals surface area (Å²) in [5, 5.41) is 12.4. The molecule has 0 radical (unpaired) electrons. The molecule has 2 nitrogen and oxygen atoms in total. The highest BCUT2D eigenvalue weighted by Gasteiger charge is 1.98. The predicted molar refractivity (Wildman–Crippen MR) is 91.5 cm³/mol. The SMILES string of the molecule is CCCCCCCCCCCCNc1ccccc1C#N. The van der Waals surface area contributed by atoms with Crippen molar-refractivity contribution < 1.29 is 0 Å². The van der Waals surface area contributed by atoms with Crippen molar-refractivity contribution in [3.63, 3.8) is 0 Å². The third-order valence-corrected chi connectivity index (χ3v) is 3.89. The van der Waals surface area contributed by atoms with E-state index < -0.39 is 0 Å². The van der Waals surface area contributed by atoms with E-state index in [2.05, 4.69) is 18.3 Å². The zero-order valence-corrected chi connectivity index (χ0v) is 13.5. The number of hydrogen-bond acceptors (Lipinski definition) is 2. The van der Waals surface area contributed by atoms with E-state index in [1.54, 1.807) is 0 Å². The summed E-state index contributed by atoms with van der Waals surface area (Å²) in [5.41, 5.74) is 1.71. The van der Waals surface area contributed by atoms with E-state index in [9.17, 15) is 0 Å². The van der Waals surface area contributed by atoms with Crippen molar-refractivity contribution in [3.8, 4) is 6.07 Å². The Labute approximate surface area is 130 Å². The molecule has 0 fully saturated rings. The third-order valence-electron chi connectivity index (χ3n) is 3.89. The molecule has 1 rings (SSSR count). The maximum absolute atomic E-state index is 9.01. The molecule has 0 spiro atoms. The second kappa shape index (κ2) is 12.3. The molecular weight excluding hydrogens is 256 g/mol. The number of anilines is 1. The second-order valence-corrected chi connectivity index (χ2v) is 5.77. The van der Waals surface area contributed by atoms with Gasteiger partial charge in [-0.2, -0.15) is 5.26 Å². The van der Waals surface area contributed by atoms with Gasteiger partial charge in [0.05, 0.1) is 11.3 Å². The molecule has 0 amide bonds. The Bertz CT molecular complexity index is 406. The maximum atomic E-state index is 9.01. The molecule has 1 aromatic rings.